The molecule has 0 spiro atoms. The first-order valence-corrected chi connectivity index (χ1v) is 9.06. The van der Waals surface area contributed by atoms with E-state index in [1.807, 2.05) is 30.3 Å². The molecule has 0 atom stereocenters. The number of benzene rings is 1. The van der Waals surface area contributed by atoms with Crippen molar-refractivity contribution in [1.29, 1.82) is 0 Å². The highest BCUT2D eigenvalue weighted by atomic mass is 32.7. The molecule has 0 bridgehead atoms. The van der Waals surface area contributed by atoms with Crippen LogP contribution in [-0.2, 0) is 4.57 Å². The van der Waals surface area contributed by atoms with Gasteiger partial charge in [0.25, 0.3) is 0 Å². The molecule has 0 amide bonds. The number of hydrogen-bond donors (Lipinski definition) is 0. The Morgan fingerprint density at radius 3 is 1.65 bits per heavy atom. The smallest absolute Gasteiger partial charge is 0.153 e. The van der Waals surface area contributed by atoms with E-state index >= 15 is 0 Å². The van der Waals surface area contributed by atoms with E-state index in [1.165, 1.54) is 0 Å². The molecule has 0 aliphatic rings. The summed E-state index contributed by atoms with van der Waals surface area (Å²) < 4.78 is 13.4. The Balaban J connectivity index is 3.16. The fourth-order valence-corrected chi connectivity index (χ4v) is 7.94. The second-order valence-corrected chi connectivity index (χ2v) is 12.8. The van der Waals surface area contributed by atoms with Crippen LogP contribution in [0.2, 0.25) is 0 Å². The second kappa shape index (κ2) is 4.82. The Morgan fingerprint density at radius 1 is 0.882 bits per heavy atom. The van der Waals surface area contributed by atoms with E-state index < -0.39 is 6.34 Å². The Kier molecular flexibility index (Phi) is 4.21. The van der Waals surface area contributed by atoms with Crippen LogP contribution in [0.25, 0.3) is 0 Å². The predicted molar refractivity (Wildman–Crippen MR) is 79.4 cm³/mol. The third kappa shape index (κ3) is 3.17. The highest BCUT2D eigenvalue weighted by Gasteiger charge is 2.46. The van der Waals surface area contributed by atoms with E-state index in [2.05, 4.69) is 41.5 Å². The summed E-state index contributed by atoms with van der Waals surface area (Å²) in [5.41, 5.74) is 0. The molecule has 0 unspecified atom stereocenters. The molecular weight excluding hydrogens is 247 g/mol. The molecule has 0 aromatic heterocycles. The summed E-state index contributed by atoms with van der Waals surface area (Å²) in [6.07, 6.45) is -2.39. The van der Waals surface area contributed by atoms with E-state index in [0.717, 1.165) is 4.90 Å². The minimum Gasteiger partial charge on any atom is -0.311 e. The average molecular weight is 270 g/mol. The van der Waals surface area contributed by atoms with Crippen LogP contribution in [0.1, 0.15) is 41.5 Å². The molecule has 1 rings (SSSR count). The summed E-state index contributed by atoms with van der Waals surface area (Å²) in [4.78, 5) is 1.10. The molecule has 1 aromatic rings. The van der Waals surface area contributed by atoms with Crippen LogP contribution in [0.5, 0.6) is 0 Å². The van der Waals surface area contributed by atoms with Crippen LogP contribution in [0.4, 0.5) is 0 Å². The summed E-state index contributed by atoms with van der Waals surface area (Å²) in [7, 11) is 0. The van der Waals surface area contributed by atoms with Crippen LogP contribution >= 0.6 is 17.7 Å². The first-order valence-electron chi connectivity index (χ1n) is 5.93. The summed E-state index contributed by atoms with van der Waals surface area (Å²) in [6, 6.07) is 10.1. The Bertz CT molecular complexity index is 394. The zero-order chi connectivity index (χ0) is 13.3. The monoisotopic (exact) mass is 270 g/mol. The third-order valence-corrected chi connectivity index (χ3v) is 11.7. The molecule has 0 fully saturated rings. The molecule has 0 aliphatic carbocycles. The van der Waals surface area contributed by atoms with Gasteiger partial charge in [0.15, 0.2) is 6.34 Å². The van der Waals surface area contributed by atoms with Crippen molar-refractivity contribution < 1.29 is 4.57 Å². The van der Waals surface area contributed by atoms with Crippen LogP contribution in [0, 0.1) is 0 Å². The number of rotatable bonds is 2. The molecule has 1 aromatic carbocycles. The largest absolute Gasteiger partial charge is 0.311 e. The highest BCUT2D eigenvalue weighted by molar-refractivity contribution is 8.58. The van der Waals surface area contributed by atoms with Gasteiger partial charge >= 0.3 is 0 Å². The third-order valence-electron chi connectivity index (χ3n) is 2.74. The normalized spacial score (nSPS) is 13.8. The minimum atomic E-state index is -2.39. The van der Waals surface area contributed by atoms with E-state index in [4.69, 9.17) is 0 Å². The van der Waals surface area contributed by atoms with Gasteiger partial charge in [-0.15, -0.1) is 0 Å². The van der Waals surface area contributed by atoms with Crippen molar-refractivity contribution in [2.24, 2.45) is 0 Å². The van der Waals surface area contributed by atoms with Crippen LogP contribution in [0.15, 0.2) is 35.2 Å². The van der Waals surface area contributed by atoms with E-state index in [9.17, 15) is 4.57 Å². The lowest BCUT2D eigenvalue weighted by Crippen LogP contribution is -2.26. The summed E-state index contributed by atoms with van der Waals surface area (Å²) in [5, 5.41) is -0.377. The molecule has 1 nitrogen and oxygen atoms in total. The summed E-state index contributed by atoms with van der Waals surface area (Å²) in [6.45, 7) is 12.5. The second-order valence-electron chi connectivity index (χ2n) is 6.30. The Labute approximate surface area is 110 Å². The maximum absolute atomic E-state index is 13.4. The van der Waals surface area contributed by atoms with Crippen LogP contribution in [0.3, 0.4) is 0 Å². The van der Waals surface area contributed by atoms with Crippen molar-refractivity contribution >= 4 is 17.7 Å². The number of hydrogen-bond acceptors (Lipinski definition) is 2. The van der Waals surface area contributed by atoms with Crippen molar-refractivity contribution in [3.8, 4) is 0 Å². The molecule has 0 radical (unpaired) electrons. The molecule has 0 aliphatic heterocycles. The van der Waals surface area contributed by atoms with Crippen molar-refractivity contribution in [3.63, 3.8) is 0 Å². The standard InChI is InChI=1S/C14H23OPS/c1-13(2,3)16(15,14(4,5)6)17-12-10-8-7-9-11-12/h7-11H,1-6H3. The SMILES string of the molecule is CC(C)(C)P(=O)(Sc1ccccc1)C(C)(C)C. The lowest BCUT2D eigenvalue weighted by atomic mass is 10.2. The molecule has 17 heavy (non-hydrogen) atoms. The van der Waals surface area contributed by atoms with E-state index in [-0.39, 0.29) is 10.3 Å². The van der Waals surface area contributed by atoms with Crippen molar-refractivity contribution in [2.45, 2.75) is 56.8 Å². The van der Waals surface area contributed by atoms with Gasteiger partial charge < -0.3 is 4.57 Å². The molecule has 0 N–H and O–H groups in total. The van der Waals surface area contributed by atoms with Gasteiger partial charge in [-0.05, 0) is 12.1 Å². The predicted octanol–water partition coefficient (Wildman–Crippen LogP) is 5.65. The Morgan fingerprint density at radius 2 is 1.29 bits per heavy atom. The first kappa shape index (κ1) is 14.9. The van der Waals surface area contributed by atoms with Gasteiger partial charge in [0.05, 0.1) is 0 Å². The fraction of sp³-hybridized carbons (Fsp3) is 0.571. The fourth-order valence-electron chi connectivity index (χ4n) is 1.91. The summed E-state index contributed by atoms with van der Waals surface area (Å²) in [5.74, 6) is 0. The lowest BCUT2D eigenvalue weighted by Gasteiger charge is -2.40. The molecule has 3 heteroatoms. The van der Waals surface area contributed by atoms with Crippen LogP contribution in [-0.4, -0.2) is 10.3 Å². The zero-order valence-corrected chi connectivity index (χ0v) is 13.4. The topological polar surface area (TPSA) is 17.1 Å². The van der Waals surface area contributed by atoms with Crippen molar-refractivity contribution in [3.05, 3.63) is 30.3 Å². The lowest BCUT2D eigenvalue weighted by molar-refractivity contribution is 0.534. The van der Waals surface area contributed by atoms with Gasteiger partial charge in [-0.25, -0.2) is 0 Å². The van der Waals surface area contributed by atoms with Crippen molar-refractivity contribution in [1.82, 2.24) is 0 Å². The quantitative estimate of drug-likeness (QED) is 0.645. The van der Waals surface area contributed by atoms with Gasteiger partial charge in [0.1, 0.15) is 0 Å². The zero-order valence-electron chi connectivity index (χ0n) is 11.7. The molecule has 0 heterocycles. The average Bonchev–Trinajstić information content (AvgIpc) is 2.15. The first-order chi connectivity index (χ1) is 7.58. The molecular formula is C14H23OPS. The van der Waals surface area contributed by atoms with Gasteiger partial charge in [0.2, 0.25) is 0 Å². The van der Waals surface area contributed by atoms with Gasteiger partial charge in [-0.3, -0.25) is 0 Å². The minimum absolute atomic E-state index is 0.189. The van der Waals surface area contributed by atoms with Crippen LogP contribution < -0.4 is 0 Å². The van der Waals surface area contributed by atoms with Gasteiger partial charge in [0, 0.05) is 15.2 Å². The van der Waals surface area contributed by atoms with E-state index in [1.54, 1.807) is 11.4 Å². The molecule has 96 valence electrons. The molecule has 0 saturated carbocycles. The summed E-state index contributed by atoms with van der Waals surface area (Å²) >= 11 is 1.56. The maximum atomic E-state index is 13.4. The van der Waals surface area contributed by atoms with Crippen molar-refractivity contribution in [2.75, 3.05) is 0 Å². The maximum Gasteiger partial charge on any atom is 0.153 e. The Hall–Kier alpha value is -0.200. The molecule has 0 saturated heterocycles. The van der Waals surface area contributed by atoms with E-state index in [0.29, 0.717) is 0 Å². The van der Waals surface area contributed by atoms with Gasteiger partial charge in [-0.2, -0.15) is 0 Å². The van der Waals surface area contributed by atoms with Gasteiger partial charge in [-0.1, -0.05) is 71.1 Å². The highest BCUT2D eigenvalue weighted by Crippen LogP contribution is 2.76.